The number of sulfonamides is 1. The monoisotopic (exact) mass is 456 g/mol. The van der Waals surface area contributed by atoms with Crippen molar-refractivity contribution < 1.29 is 17.9 Å². The number of hydrogen-bond donors (Lipinski definition) is 0. The second-order valence-electron chi connectivity index (χ2n) is 7.96. The highest BCUT2D eigenvalue weighted by Gasteiger charge is 2.30. The topological polar surface area (TPSA) is 93.5 Å². The Morgan fingerprint density at radius 2 is 1.75 bits per heavy atom. The quantitative estimate of drug-likeness (QED) is 0.584. The second kappa shape index (κ2) is 8.19. The lowest BCUT2D eigenvalue weighted by Gasteiger charge is -2.33. The molecule has 0 spiro atoms. The molecule has 1 aromatic carbocycles. The van der Waals surface area contributed by atoms with Gasteiger partial charge in [0.1, 0.15) is 18.9 Å². The van der Waals surface area contributed by atoms with E-state index in [0.717, 1.165) is 5.56 Å². The lowest BCUT2D eigenvalue weighted by atomic mass is 10.2. The molecule has 3 aromatic rings. The number of pyridine rings is 1. The molecule has 0 N–H and O–H groups in total. The smallest absolute Gasteiger partial charge is 0.258 e. The van der Waals surface area contributed by atoms with Gasteiger partial charge in [0.25, 0.3) is 5.56 Å². The van der Waals surface area contributed by atoms with Crippen LogP contribution in [-0.2, 0) is 16.6 Å². The first-order chi connectivity index (χ1) is 15.4. The number of hydrogen-bond acceptors (Lipinski definition) is 7. The maximum Gasteiger partial charge on any atom is 0.258 e. The Kier molecular flexibility index (Phi) is 5.36. The average Bonchev–Trinajstić information content (AvgIpc) is 2.80. The summed E-state index contributed by atoms with van der Waals surface area (Å²) in [4.78, 5) is 19.4. The van der Waals surface area contributed by atoms with Crippen molar-refractivity contribution in [3.8, 4) is 11.5 Å². The van der Waals surface area contributed by atoms with Crippen LogP contribution in [0, 0.1) is 6.92 Å². The summed E-state index contributed by atoms with van der Waals surface area (Å²) in [7, 11) is -3.63. The van der Waals surface area contributed by atoms with Crippen LogP contribution in [0.25, 0.3) is 5.65 Å². The molecule has 9 nitrogen and oxygen atoms in total. The van der Waals surface area contributed by atoms with E-state index >= 15 is 0 Å². The molecular formula is C22H24N4O5S. The van der Waals surface area contributed by atoms with E-state index < -0.39 is 10.0 Å². The molecule has 2 aliphatic rings. The third kappa shape index (κ3) is 3.85. The van der Waals surface area contributed by atoms with Gasteiger partial charge in [0, 0.05) is 51.1 Å². The van der Waals surface area contributed by atoms with Crippen LogP contribution < -0.4 is 15.0 Å². The van der Waals surface area contributed by atoms with Gasteiger partial charge in [-0.05, 0) is 30.7 Å². The highest BCUT2D eigenvalue weighted by molar-refractivity contribution is 7.89. The van der Waals surface area contributed by atoms with E-state index in [9.17, 15) is 13.2 Å². The predicted octanol–water partition coefficient (Wildman–Crippen LogP) is 1.28. The molecule has 0 amide bonds. The van der Waals surface area contributed by atoms with Crippen LogP contribution in [0.5, 0.6) is 11.5 Å². The number of nitrogens with zero attached hydrogens (tertiary/aromatic N) is 4. The molecule has 0 radical (unpaired) electrons. The fourth-order valence-electron chi connectivity index (χ4n) is 4.08. The molecule has 1 fully saturated rings. The Morgan fingerprint density at radius 1 is 1.00 bits per heavy atom. The normalized spacial score (nSPS) is 17.5. The summed E-state index contributed by atoms with van der Waals surface area (Å²) in [5, 5.41) is 0. The van der Waals surface area contributed by atoms with Crippen molar-refractivity contribution in [2.24, 2.45) is 0 Å². The molecule has 5 rings (SSSR count). The molecule has 32 heavy (non-hydrogen) atoms. The number of fused-ring (bicyclic) bond motifs is 2. The highest BCUT2D eigenvalue weighted by Crippen LogP contribution is 2.33. The zero-order valence-corrected chi connectivity index (χ0v) is 18.5. The van der Waals surface area contributed by atoms with Gasteiger partial charge in [-0.2, -0.15) is 4.31 Å². The molecule has 4 heterocycles. The van der Waals surface area contributed by atoms with E-state index in [1.807, 2.05) is 19.1 Å². The summed E-state index contributed by atoms with van der Waals surface area (Å²) in [5.74, 6) is 1.02. The molecule has 2 aliphatic heterocycles. The largest absolute Gasteiger partial charge is 0.486 e. The SMILES string of the molecule is Cc1cccn2c(=O)cc(CN3CCN(S(=O)(=O)c4ccc5c(c4)OCCO5)CC3)nc12. The number of aryl methyl sites for hydroxylation is 1. The van der Waals surface area contributed by atoms with Gasteiger partial charge in [-0.25, -0.2) is 13.4 Å². The standard InChI is InChI=1S/C22H24N4O5S/c1-16-3-2-6-26-21(27)13-17(23-22(16)26)15-24-7-9-25(10-8-24)32(28,29)18-4-5-19-20(14-18)31-12-11-30-19/h2-6,13-14H,7-12,15H2,1H3. The van der Waals surface area contributed by atoms with Gasteiger partial charge in [-0.1, -0.05) is 6.07 Å². The van der Waals surface area contributed by atoms with E-state index in [2.05, 4.69) is 9.88 Å². The molecule has 168 valence electrons. The molecule has 0 bridgehead atoms. The lowest BCUT2D eigenvalue weighted by Crippen LogP contribution is -2.48. The Balaban J connectivity index is 1.29. The van der Waals surface area contributed by atoms with E-state index in [-0.39, 0.29) is 10.5 Å². The Morgan fingerprint density at radius 3 is 2.53 bits per heavy atom. The van der Waals surface area contributed by atoms with Crippen molar-refractivity contribution in [3.05, 3.63) is 64.2 Å². The number of aromatic nitrogens is 2. The van der Waals surface area contributed by atoms with Gasteiger partial charge in [0.2, 0.25) is 10.0 Å². The van der Waals surface area contributed by atoms with Crippen molar-refractivity contribution in [1.29, 1.82) is 0 Å². The maximum absolute atomic E-state index is 13.1. The summed E-state index contributed by atoms with van der Waals surface area (Å²) in [6.45, 7) is 5.12. The van der Waals surface area contributed by atoms with Crippen LogP contribution in [0.4, 0.5) is 0 Å². The summed E-state index contributed by atoms with van der Waals surface area (Å²) in [6, 6.07) is 10.0. The van der Waals surface area contributed by atoms with Crippen molar-refractivity contribution in [3.63, 3.8) is 0 Å². The second-order valence-corrected chi connectivity index (χ2v) is 9.89. The number of rotatable bonds is 4. The van der Waals surface area contributed by atoms with E-state index in [0.29, 0.717) is 68.8 Å². The first-order valence-corrected chi connectivity index (χ1v) is 12.0. The van der Waals surface area contributed by atoms with Crippen molar-refractivity contribution in [1.82, 2.24) is 18.6 Å². The van der Waals surface area contributed by atoms with Gasteiger partial charge in [0.05, 0.1) is 10.6 Å². The minimum absolute atomic E-state index is 0.117. The first-order valence-electron chi connectivity index (χ1n) is 10.5. The van der Waals surface area contributed by atoms with Crippen LogP contribution in [0.1, 0.15) is 11.3 Å². The molecule has 10 heteroatoms. The molecule has 1 saturated heterocycles. The minimum atomic E-state index is -3.63. The van der Waals surface area contributed by atoms with E-state index in [1.54, 1.807) is 24.4 Å². The molecule has 0 saturated carbocycles. The van der Waals surface area contributed by atoms with Gasteiger partial charge >= 0.3 is 0 Å². The summed E-state index contributed by atoms with van der Waals surface area (Å²) < 4.78 is 40.3. The van der Waals surface area contributed by atoms with Crippen LogP contribution in [-0.4, -0.2) is 66.4 Å². The lowest BCUT2D eigenvalue weighted by molar-refractivity contribution is 0.170. The van der Waals surface area contributed by atoms with Gasteiger partial charge < -0.3 is 9.47 Å². The summed E-state index contributed by atoms with van der Waals surface area (Å²) in [5.41, 5.74) is 2.15. The Bertz CT molecular complexity index is 1330. The van der Waals surface area contributed by atoms with Crippen LogP contribution >= 0.6 is 0 Å². The summed E-state index contributed by atoms with van der Waals surface area (Å²) >= 11 is 0. The van der Waals surface area contributed by atoms with E-state index in [1.165, 1.54) is 14.8 Å². The number of benzene rings is 1. The zero-order chi connectivity index (χ0) is 22.3. The van der Waals surface area contributed by atoms with E-state index in [4.69, 9.17) is 9.47 Å². The average molecular weight is 457 g/mol. The van der Waals surface area contributed by atoms with Gasteiger partial charge in [-0.3, -0.25) is 14.1 Å². The Labute approximate surface area is 185 Å². The van der Waals surface area contributed by atoms with Crippen LogP contribution in [0.2, 0.25) is 0 Å². The molecule has 0 unspecified atom stereocenters. The van der Waals surface area contributed by atoms with Gasteiger partial charge in [-0.15, -0.1) is 0 Å². The fourth-order valence-corrected chi connectivity index (χ4v) is 5.52. The highest BCUT2D eigenvalue weighted by atomic mass is 32.2. The van der Waals surface area contributed by atoms with Crippen molar-refractivity contribution in [2.45, 2.75) is 18.4 Å². The number of piperazine rings is 1. The molecule has 0 aliphatic carbocycles. The minimum Gasteiger partial charge on any atom is -0.486 e. The van der Waals surface area contributed by atoms with Crippen LogP contribution in [0.15, 0.2) is 52.3 Å². The molecular weight excluding hydrogens is 432 g/mol. The molecule has 0 atom stereocenters. The van der Waals surface area contributed by atoms with Crippen molar-refractivity contribution in [2.75, 3.05) is 39.4 Å². The van der Waals surface area contributed by atoms with Crippen LogP contribution in [0.3, 0.4) is 0 Å². The maximum atomic E-state index is 13.1. The third-order valence-electron chi connectivity index (χ3n) is 5.81. The predicted molar refractivity (Wildman–Crippen MR) is 118 cm³/mol. The summed E-state index contributed by atoms with van der Waals surface area (Å²) in [6.07, 6.45) is 1.71. The van der Waals surface area contributed by atoms with Crippen molar-refractivity contribution >= 4 is 15.7 Å². The van der Waals surface area contributed by atoms with Gasteiger partial charge in [0.15, 0.2) is 11.5 Å². The Hall–Kier alpha value is -2.95. The first kappa shape index (κ1) is 20.9. The molecule has 2 aromatic heterocycles. The fraction of sp³-hybridized carbons (Fsp3) is 0.364. The third-order valence-corrected chi connectivity index (χ3v) is 7.70. The number of ether oxygens (including phenoxy) is 2. The zero-order valence-electron chi connectivity index (χ0n) is 17.7.